The SMILES string of the molecule is C#CC(=O)N1[C@H](c2ccc(NC34CC5CC(CC(C5)C3)C4)cc2)c2ccc(OC)cc2C[C@@H]1C1CCC1. The first-order valence-corrected chi connectivity index (χ1v) is 14.4. The maximum atomic E-state index is 13.3. The van der Waals surface area contributed by atoms with Crippen LogP contribution in [0, 0.1) is 36.0 Å². The molecular weight excluding hydrogens is 456 g/mol. The maximum absolute atomic E-state index is 13.3. The van der Waals surface area contributed by atoms with Gasteiger partial charge >= 0.3 is 0 Å². The van der Waals surface area contributed by atoms with Crippen molar-refractivity contribution in [2.24, 2.45) is 23.7 Å². The van der Waals surface area contributed by atoms with Crippen LogP contribution in [0.15, 0.2) is 42.5 Å². The Labute approximate surface area is 221 Å². The van der Waals surface area contributed by atoms with Gasteiger partial charge in [-0.25, -0.2) is 0 Å². The van der Waals surface area contributed by atoms with Gasteiger partial charge in [0, 0.05) is 17.3 Å². The first-order chi connectivity index (χ1) is 18.0. The molecule has 0 aromatic heterocycles. The van der Waals surface area contributed by atoms with Gasteiger partial charge in [-0.15, -0.1) is 6.42 Å². The van der Waals surface area contributed by atoms with E-state index in [-0.39, 0.29) is 23.5 Å². The third-order valence-corrected chi connectivity index (χ3v) is 10.4. The van der Waals surface area contributed by atoms with Crippen molar-refractivity contribution in [2.45, 2.75) is 81.8 Å². The number of methoxy groups -OCH3 is 1. The number of hydrogen-bond donors (Lipinski definition) is 1. The molecule has 2 atom stereocenters. The monoisotopic (exact) mass is 494 g/mol. The molecule has 37 heavy (non-hydrogen) atoms. The molecule has 5 fully saturated rings. The molecule has 0 saturated heterocycles. The Bertz CT molecular complexity index is 1200. The van der Waals surface area contributed by atoms with Crippen molar-refractivity contribution in [3.05, 3.63) is 59.2 Å². The molecule has 0 radical (unpaired) electrons. The van der Waals surface area contributed by atoms with Crippen LogP contribution in [-0.2, 0) is 11.2 Å². The van der Waals surface area contributed by atoms with Crippen molar-refractivity contribution in [2.75, 3.05) is 12.4 Å². The van der Waals surface area contributed by atoms with Crippen LogP contribution in [0.3, 0.4) is 0 Å². The van der Waals surface area contributed by atoms with E-state index in [1.807, 2.05) is 11.0 Å². The van der Waals surface area contributed by atoms with Gasteiger partial charge in [-0.3, -0.25) is 4.79 Å². The van der Waals surface area contributed by atoms with Gasteiger partial charge in [-0.1, -0.05) is 24.6 Å². The zero-order valence-electron chi connectivity index (χ0n) is 21.9. The molecule has 1 N–H and O–H groups in total. The van der Waals surface area contributed by atoms with E-state index in [0.29, 0.717) is 5.92 Å². The molecule has 4 bridgehead atoms. The number of rotatable bonds is 5. The zero-order valence-corrected chi connectivity index (χ0v) is 21.9. The summed E-state index contributed by atoms with van der Waals surface area (Å²) >= 11 is 0. The second kappa shape index (κ2) is 8.83. The average molecular weight is 495 g/mol. The molecule has 5 aliphatic carbocycles. The smallest absolute Gasteiger partial charge is 0.299 e. The summed E-state index contributed by atoms with van der Waals surface area (Å²) in [6.07, 6.45) is 18.5. The van der Waals surface area contributed by atoms with Crippen molar-refractivity contribution >= 4 is 11.6 Å². The summed E-state index contributed by atoms with van der Waals surface area (Å²) < 4.78 is 5.56. The maximum Gasteiger partial charge on any atom is 0.299 e. The molecule has 8 rings (SSSR count). The standard InChI is InChI=1S/C33H38N2O2/c1-3-31(36)35-30(24-5-4-6-24)17-26-16-28(37-2)11-12-29(26)32(35)25-7-9-27(10-8-25)34-33-18-21-13-22(19-33)15-23(14-21)20-33/h1,7-12,16,21-24,30,32,34H,4-6,13-15,17-20H2,2H3/t21?,22?,23?,30-,32-,33?/m1/s1. The lowest BCUT2D eigenvalue weighted by atomic mass is 9.53. The van der Waals surface area contributed by atoms with E-state index < -0.39 is 0 Å². The molecule has 0 spiro atoms. The number of nitrogens with zero attached hydrogens (tertiary/aromatic N) is 1. The minimum Gasteiger partial charge on any atom is -0.497 e. The lowest BCUT2D eigenvalue weighted by Crippen LogP contribution is -2.54. The van der Waals surface area contributed by atoms with E-state index in [0.717, 1.165) is 35.5 Å². The van der Waals surface area contributed by atoms with Gasteiger partial charge in [-0.05, 0) is 128 Å². The molecule has 4 heteroatoms. The molecule has 1 aliphatic heterocycles. The van der Waals surface area contributed by atoms with Gasteiger partial charge in [0.05, 0.1) is 13.2 Å². The largest absolute Gasteiger partial charge is 0.497 e. The first-order valence-electron chi connectivity index (χ1n) is 14.4. The molecule has 192 valence electrons. The normalized spacial score (nSPS) is 33.8. The number of anilines is 1. The number of hydrogen-bond acceptors (Lipinski definition) is 3. The van der Waals surface area contributed by atoms with Crippen LogP contribution in [0.25, 0.3) is 0 Å². The number of carbonyl (C=O) groups excluding carboxylic acids is 1. The predicted octanol–water partition coefficient (Wildman–Crippen LogP) is 6.35. The van der Waals surface area contributed by atoms with E-state index in [2.05, 4.69) is 47.6 Å². The quantitative estimate of drug-likeness (QED) is 0.492. The fourth-order valence-electron chi connectivity index (χ4n) is 9.04. The van der Waals surface area contributed by atoms with Gasteiger partial charge in [-0.2, -0.15) is 0 Å². The van der Waals surface area contributed by atoms with Gasteiger partial charge in [0.15, 0.2) is 0 Å². The van der Waals surface area contributed by atoms with Gasteiger partial charge in [0.2, 0.25) is 0 Å². The molecule has 2 aromatic rings. The number of terminal acetylenes is 1. The molecule has 5 saturated carbocycles. The van der Waals surface area contributed by atoms with Crippen LogP contribution in [0.1, 0.15) is 80.5 Å². The number of ether oxygens (including phenoxy) is 1. The Kier molecular flexibility index (Phi) is 5.54. The van der Waals surface area contributed by atoms with Crippen molar-refractivity contribution in [1.82, 2.24) is 4.90 Å². The second-order valence-corrected chi connectivity index (χ2v) is 12.7. The van der Waals surface area contributed by atoms with Crippen LogP contribution in [0.4, 0.5) is 5.69 Å². The van der Waals surface area contributed by atoms with E-state index in [1.165, 1.54) is 74.6 Å². The Balaban J connectivity index is 1.22. The Hall–Kier alpha value is -2.93. The molecule has 0 unspecified atom stereocenters. The highest BCUT2D eigenvalue weighted by Gasteiger charge is 2.51. The number of benzene rings is 2. The summed E-state index contributed by atoms with van der Waals surface area (Å²) in [5.41, 5.74) is 5.07. The van der Waals surface area contributed by atoms with Crippen molar-refractivity contribution in [1.29, 1.82) is 0 Å². The third-order valence-electron chi connectivity index (χ3n) is 10.4. The lowest BCUT2D eigenvalue weighted by Gasteiger charge is -2.57. The van der Waals surface area contributed by atoms with Crippen molar-refractivity contribution < 1.29 is 9.53 Å². The lowest BCUT2D eigenvalue weighted by molar-refractivity contribution is -0.132. The van der Waals surface area contributed by atoms with Crippen LogP contribution in [0.5, 0.6) is 5.75 Å². The summed E-state index contributed by atoms with van der Waals surface area (Å²) in [5.74, 6) is 6.41. The fraction of sp³-hybridized carbons (Fsp3) is 0.545. The Morgan fingerprint density at radius 1 is 1.03 bits per heavy atom. The van der Waals surface area contributed by atoms with Crippen molar-refractivity contribution in [3.63, 3.8) is 0 Å². The minimum absolute atomic E-state index is 0.131. The highest BCUT2D eigenvalue weighted by atomic mass is 16.5. The van der Waals surface area contributed by atoms with E-state index >= 15 is 0 Å². The zero-order chi connectivity index (χ0) is 25.1. The van der Waals surface area contributed by atoms with E-state index in [9.17, 15) is 4.79 Å². The van der Waals surface area contributed by atoms with Crippen LogP contribution in [0.2, 0.25) is 0 Å². The number of amides is 1. The third kappa shape index (κ3) is 3.94. The number of fused-ring (bicyclic) bond motifs is 1. The average Bonchev–Trinajstić information content (AvgIpc) is 2.85. The Morgan fingerprint density at radius 3 is 2.27 bits per heavy atom. The predicted molar refractivity (Wildman–Crippen MR) is 146 cm³/mol. The summed E-state index contributed by atoms with van der Waals surface area (Å²) in [6, 6.07) is 15.2. The van der Waals surface area contributed by atoms with Gasteiger partial charge in [0.1, 0.15) is 5.75 Å². The molecule has 4 nitrogen and oxygen atoms in total. The highest BCUT2D eigenvalue weighted by Crippen LogP contribution is 2.56. The van der Waals surface area contributed by atoms with Crippen LogP contribution in [-0.4, -0.2) is 29.5 Å². The van der Waals surface area contributed by atoms with Gasteiger partial charge < -0.3 is 15.0 Å². The van der Waals surface area contributed by atoms with Crippen molar-refractivity contribution in [3.8, 4) is 18.1 Å². The minimum atomic E-state index is -0.195. The Morgan fingerprint density at radius 2 is 1.70 bits per heavy atom. The molecule has 1 amide bonds. The first kappa shape index (κ1) is 23.2. The molecule has 6 aliphatic rings. The highest BCUT2D eigenvalue weighted by molar-refractivity contribution is 5.94. The summed E-state index contributed by atoms with van der Waals surface area (Å²) in [6.45, 7) is 0. The summed E-state index contributed by atoms with van der Waals surface area (Å²) in [4.78, 5) is 15.3. The topological polar surface area (TPSA) is 41.6 Å². The summed E-state index contributed by atoms with van der Waals surface area (Å²) in [5, 5.41) is 4.01. The van der Waals surface area contributed by atoms with Crippen LogP contribution < -0.4 is 10.1 Å². The second-order valence-electron chi connectivity index (χ2n) is 12.7. The van der Waals surface area contributed by atoms with Gasteiger partial charge in [0.25, 0.3) is 5.91 Å². The number of nitrogens with one attached hydrogen (secondary N) is 1. The van der Waals surface area contributed by atoms with E-state index in [4.69, 9.17) is 11.2 Å². The number of carbonyl (C=O) groups is 1. The van der Waals surface area contributed by atoms with Crippen LogP contribution >= 0.6 is 0 Å². The van der Waals surface area contributed by atoms with E-state index in [1.54, 1.807) is 7.11 Å². The fourth-order valence-corrected chi connectivity index (χ4v) is 9.04. The molecular formula is C33H38N2O2. The summed E-state index contributed by atoms with van der Waals surface area (Å²) in [7, 11) is 1.72. The molecule has 2 aromatic carbocycles. The molecule has 1 heterocycles.